The SMILES string of the molecule is CCOC(c1ccc(F)cc1)c1ccc(C#N)cc1. The van der Waals surface area contributed by atoms with E-state index in [2.05, 4.69) is 6.07 Å². The number of benzene rings is 2. The van der Waals surface area contributed by atoms with Crippen LogP contribution < -0.4 is 0 Å². The van der Waals surface area contributed by atoms with E-state index in [1.54, 1.807) is 24.3 Å². The highest BCUT2D eigenvalue weighted by molar-refractivity contribution is 5.36. The molecule has 1 atom stereocenters. The van der Waals surface area contributed by atoms with Gasteiger partial charge in [0.2, 0.25) is 0 Å². The Kier molecular flexibility index (Phi) is 4.27. The zero-order chi connectivity index (χ0) is 13.7. The van der Waals surface area contributed by atoms with Gasteiger partial charge in [-0.2, -0.15) is 5.26 Å². The maximum Gasteiger partial charge on any atom is 0.123 e. The molecule has 2 rings (SSSR count). The van der Waals surface area contributed by atoms with E-state index in [0.29, 0.717) is 12.2 Å². The molecule has 0 aliphatic heterocycles. The molecule has 0 fully saturated rings. The molecule has 0 aliphatic carbocycles. The minimum Gasteiger partial charge on any atom is -0.369 e. The molecule has 0 aliphatic rings. The normalized spacial score (nSPS) is 11.8. The average Bonchev–Trinajstić information content (AvgIpc) is 2.46. The van der Waals surface area contributed by atoms with Crippen LogP contribution in [0.15, 0.2) is 48.5 Å². The number of nitriles is 1. The van der Waals surface area contributed by atoms with Crippen molar-refractivity contribution in [3.05, 3.63) is 71.0 Å². The third-order valence-corrected chi connectivity index (χ3v) is 2.85. The van der Waals surface area contributed by atoms with Gasteiger partial charge in [-0.15, -0.1) is 0 Å². The summed E-state index contributed by atoms with van der Waals surface area (Å²) >= 11 is 0. The summed E-state index contributed by atoms with van der Waals surface area (Å²) in [6.07, 6.45) is -0.238. The van der Waals surface area contributed by atoms with Gasteiger partial charge in [0.25, 0.3) is 0 Å². The number of rotatable bonds is 4. The van der Waals surface area contributed by atoms with Crippen molar-refractivity contribution in [2.24, 2.45) is 0 Å². The monoisotopic (exact) mass is 255 g/mol. The maximum atomic E-state index is 13.0. The van der Waals surface area contributed by atoms with Gasteiger partial charge >= 0.3 is 0 Å². The quantitative estimate of drug-likeness (QED) is 0.832. The van der Waals surface area contributed by atoms with Gasteiger partial charge in [0.1, 0.15) is 11.9 Å². The fourth-order valence-corrected chi connectivity index (χ4v) is 1.92. The van der Waals surface area contributed by atoms with Gasteiger partial charge in [-0.25, -0.2) is 4.39 Å². The topological polar surface area (TPSA) is 33.0 Å². The van der Waals surface area contributed by atoms with Gasteiger partial charge < -0.3 is 4.74 Å². The van der Waals surface area contributed by atoms with Gasteiger partial charge in [0.05, 0.1) is 11.6 Å². The molecule has 0 N–H and O–H groups in total. The lowest BCUT2D eigenvalue weighted by Crippen LogP contribution is -2.06. The van der Waals surface area contributed by atoms with Crippen LogP contribution in [0.25, 0.3) is 0 Å². The molecule has 0 amide bonds. The first kappa shape index (κ1) is 13.3. The van der Waals surface area contributed by atoms with Crippen molar-refractivity contribution >= 4 is 0 Å². The van der Waals surface area contributed by atoms with Crippen LogP contribution in [0, 0.1) is 17.1 Å². The zero-order valence-electron chi connectivity index (χ0n) is 10.6. The van der Waals surface area contributed by atoms with Crippen LogP contribution >= 0.6 is 0 Å². The fraction of sp³-hybridized carbons (Fsp3) is 0.188. The van der Waals surface area contributed by atoms with Crippen molar-refractivity contribution in [2.75, 3.05) is 6.61 Å². The summed E-state index contributed by atoms with van der Waals surface area (Å²) in [7, 11) is 0. The van der Waals surface area contributed by atoms with Crippen LogP contribution in [0.3, 0.4) is 0 Å². The van der Waals surface area contributed by atoms with Crippen molar-refractivity contribution in [3.63, 3.8) is 0 Å². The number of hydrogen-bond acceptors (Lipinski definition) is 2. The second kappa shape index (κ2) is 6.12. The molecular weight excluding hydrogens is 241 g/mol. The molecule has 1 unspecified atom stereocenters. The summed E-state index contributed by atoms with van der Waals surface area (Å²) in [5.74, 6) is -0.265. The number of ether oxygens (including phenoxy) is 1. The van der Waals surface area contributed by atoms with Gasteiger partial charge in [0, 0.05) is 6.61 Å². The van der Waals surface area contributed by atoms with Crippen molar-refractivity contribution in [1.29, 1.82) is 5.26 Å². The Labute approximate surface area is 112 Å². The molecule has 2 aromatic carbocycles. The third kappa shape index (κ3) is 3.18. The lowest BCUT2D eigenvalue weighted by atomic mass is 10.0. The van der Waals surface area contributed by atoms with Crippen LogP contribution in [0.1, 0.15) is 29.7 Å². The molecule has 3 heteroatoms. The number of halogens is 1. The highest BCUT2D eigenvalue weighted by atomic mass is 19.1. The molecule has 2 aromatic rings. The largest absolute Gasteiger partial charge is 0.369 e. The van der Waals surface area contributed by atoms with Crippen LogP contribution in [0.4, 0.5) is 4.39 Å². The first-order valence-corrected chi connectivity index (χ1v) is 6.11. The Balaban J connectivity index is 2.33. The summed E-state index contributed by atoms with van der Waals surface area (Å²) in [6, 6.07) is 15.6. The molecule has 0 heterocycles. The molecule has 0 saturated carbocycles. The lowest BCUT2D eigenvalue weighted by molar-refractivity contribution is 0.0913. The van der Waals surface area contributed by atoms with E-state index in [0.717, 1.165) is 11.1 Å². The second-order valence-electron chi connectivity index (χ2n) is 4.12. The first-order chi connectivity index (χ1) is 9.24. The average molecular weight is 255 g/mol. The highest BCUT2D eigenvalue weighted by Crippen LogP contribution is 2.26. The smallest absolute Gasteiger partial charge is 0.123 e. The Bertz CT molecular complexity index is 569. The predicted octanol–water partition coefficient (Wildman–Crippen LogP) is 3.82. The van der Waals surface area contributed by atoms with E-state index < -0.39 is 0 Å². The van der Waals surface area contributed by atoms with Gasteiger partial charge in [-0.05, 0) is 42.3 Å². The second-order valence-corrected chi connectivity index (χ2v) is 4.12. The van der Waals surface area contributed by atoms with Gasteiger partial charge in [0.15, 0.2) is 0 Å². The predicted molar refractivity (Wildman–Crippen MR) is 71.0 cm³/mol. The van der Waals surface area contributed by atoms with Crippen LogP contribution in [-0.4, -0.2) is 6.61 Å². The molecule has 0 aromatic heterocycles. The standard InChI is InChI=1S/C16H14FNO/c1-2-19-16(14-7-9-15(17)10-8-14)13-5-3-12(11-18)4-6-13/h3-10,16H,2H2,1H3. The third-order valence-electron chi connectivity index (χ3n) is 2.85. The van der Waals surface area contributed by atoms with Crippen molar-refractivity contribution < 1.29 is 9.13 Å². The van der Waals surface area contributed by atoms with E-state index in [-0.39, 0.29) is 11.9 Å². The fourth-order valence-electron chi connectivity index (χ4n) is 1.92. The summed E-state index contributed by atoms with van der Waals surface area (Å²) in [5, 5.41) is 8.80. The number of nitrogens with zero attached hydrogens (tertiary/aromatic N) is 1. The highest BCUT2D eigenvalue weighted by Gasteiger charge is 2.14. The summed E-state index contributed by atoms with van der Waals surface area (Å²) in [6.45, 7) is 2.47. The van der Waals surface area contributed by atoms with Crippen molar-refractivity contribution in [2.45, 2.75) is 13.0 Å². The molecule has 96 valence electrons. The summed E-state index contributed by atoms with van der Waals surface area (Å²) in [4.78, 5) is 0. The summed E-state index contributed by atoms with van der Waals surface area (Å²) in [5.41, 5.74) is 2.46. The van der Waals surface area contributed by atoms with E-state index in [4.69, 9.17) is 10.00 Å². The molecule has 0 radical (unpaired) electrons. The van der Waals surface area contributed by atoms with E-state index >= 15 is 0 Å². The van der Waals surface area contributed by atoms with E-state index in [9.17, 15) is 4.39 Å². The van der Waals surface area contributed by atoms with Crippen molar-refractivity contribution in [1.82, 2.24) is 0 Å². The maximum absolute atomic E-state index is 13.0. The molecule has 2 nitrogen and oxygen atoms in total. The molecule has 0 spiro atoms. The number of hydrogen-bond donors (Lipinski definition) is 0. The minimum absolute atomic E-state index is 0.238. The Hall–Kier alpha value is -2.18. The molecule has 19 heavy (non-hydrogen) atoms. The molecule has 0 saturated heterocycles. The van der Waals surface area contributed by atoms with Crippen LogP contribution in [-0.2, 0) is 4.74 Å². The van der Waals surface area contributed by atoms with Crippen LogP contribution in [0.2, 0.25) is 0 Å². The summed E-state index contributed by atoms with van der Waals surface area (Å²) < 4.78 is 18.7. The van der Waals surface area contributed by atoms with Crippen molar-refractivity contribution in [3.8, 4) is 6.07 Å². The Morgan fingerprint density at radius 2 is 1.58 bits per heavy atom. The molecular formula is C16H14FNO. The van der Waals surface area contributed by atoms with Gasteiger partial charge in [-0.3, -0.25) is 0 Å². The Morgan fingerprint density at radius 1 is 1.05 bits per heavy atom. The molecule has 0 bridgehead atoms. The van der Waals surface area contributed by atoms with E-state index in [1.165, 1.54) is 12.1 Å². The Morgan fingerprint density at radius 3 is 2.05 bits per heavy atom. The zero-order valence-corrected chi connectivity index (χ0v) is 10.6. The minimum atomic E-state index is -0.265. The lowest BCUT2D eigenvalue weighted by Gasteiger charge is -2.18. The van der Waals surface area contributed by atoms with Crippen LogP contribution in [0.5, 0.6) is 0 Å². The van der Waals surface area contributed by atoms with E-state index in [1.807, 2.05) is 19.1 Å². The first-order valence-electron chi connectivity index (χ1n) is 6.11. The van der Waals surface area contributed by atoms with Gasteiger partial charge in [-0.1, -0.05) is 24.3 Å².